The maximum Gasteiger partial charge on any atom is 0.407 e. The van der Waals surface area contributed by atoms with Gasteiger partial charge in [0.25, 0.3) is 0 Å². The van der Waals surface area contributed by atoms with Crippen molar-refractivity contribution in [2.45, 2.75) is 19.4 Å². The number of carbonyl (C=O) groups is 2. The van der Waals surface area contributed by atoms with Crippen LogP contribution in [0.25, 0.3) is 0 Å². The summed E-state index contributed by atoms with van der Waals surface area (Å²) in [4.78, 5) is 22.4. The third-order valence-corrected chi connectivity index (χ3v) is 3.27. The Balaban J connectivity index is 2.10. The first-order chi connectivity index (χ1) is 6.99. The summed E-state index contributed by atoms with van der Waals surface area (Å²) >= 11 is 1.10. The molecule has 1 rings (SSSR count). The minimum Gasteiger partial charge on any atom is -0.465 e. The van der Waals surface area contributed by atoms with Crippen LogP contribution in [-0.4, -0.2) is 51.3 Å². The zero-order valence-electron chi connectivity index (χ0n) is 8.55. The molecule has 0 bridgehead atoms. The molecule has 0 unspecified atom stereocenters. The van der Waals surface area contributed by atoms with Gasteiger partial charge in [-0.25, -0.2) is 4.79 Å². The summed E-state index contributed by atoms with van der Waals surface area (Å²) in [5.74, 6) is 0.641. The second-order valence-corrected chi connectivity index (χ2v) is 4.94. The van der Waals surface area contributed by atoms with Crippen LogP contribution in [0.4, 0.5) is 4.79 Å². The quantitative estimate of drug-likeness (QED) is 0.744. The highest BCUT2D eigenvalue weighted by Gasteiger charge is 2.31. The van der Waals surface area contributed by atoms with Crippen LogP contribution in [0.5, 0.6) is 0 Å². The summed E-state index contributed by atoms with van der Waals surface area (Å²) in [6, 6.07) is 0. The van der Waals surface area contributed by atoms with Gasteiger partial charge in [0, 0.05) is 25.8 Å². The molecule has 1 aliphatic heterocycles. The Morgan fingerprint density at radius 3 is 2.60 bits per heavy atom. The molecule has 0 aromatic heterocycles. The average Bonchev–Trinajstić information content (AvgIpc) is 2.06. The van der Waals surface area contributed by atoms with Crippen LogP contribution in [0, 0.1) is 5.92 Å². The zero-order valence-corrected chi connectivity index (χ0v) is 9.37. The number of aliphatic hydroxyl groups is 1. The van der Waals surface area contributed by atoms with Gasteiger partial charge >= 0.3 is 6.09 Å². The van der Waals surface area contributed by atoms with E-state index in [0.717, 1.165) is 11.8 Å². The molecule has 0 aromatic rings. The van der Waals surface area contributed by atoms with Gasteiger partial charge < -0.3 is 15.1 Å². The van der Waals surface area contributed by atoms with Crippen molar-refractivity contribution in [3.63, 3.8) is 0 Å². The van der Waals surface area contributed by atoms with E-state index in [9.17, 15) is 14.7 Å². The molecule has 1 atom stereocenters. The zero-order chi connectivity index (χ0) is 11.4. The highest BCUT2D eigenvalue weighted by molar-refractivity contribution is 8.13. The average molecular weight is 233 g/mol. The number of amides is 1. The van der Waals surface area contributed by atoms with Gasteiger partial charge in [0.15, 0.2) is 5.12 Å². The summed E-state index contributed by atoms with van der Waals surface area (Å²) in [6.07, 6.45) is -0.844. The number of aliphatic hydroxyl groups excluding tert-OH is 1. The number of carboxylic acid groups (broad SMARTS) is 1. The van der Waals surface area contributed by atoms with Gasteiger partial charge in [-0.1, -0.05) is 11.8 Å². The molecule has 0 spiro atoms. The number of thioether (sulfide) groups is 1. The molecular weight excluding hydrogens is 218 g/mol. The topological polar surface area (TPSA) is 77.8 Å². The van der Waals surface area contributed by atoms with Crippen LogP contribution in [0.3, 0.4) is 0 Å². The molecule has 0 aromatic carbocycles. The summed E-state index contributed by atoms with van der Waals surface area (Å²) in [5, 5.41) is 18.1. The predicted molar refractivity (Wildman–Crippen MR) is 56.9 cm³/mol. The molecular formula is C9H15NO4S. The van der Waals surface area contributed by atoms with Gasteiger partial charge in [-0.2, -0.15) is 0 Å². The Morgan fingerprint density at radius 1 is 1.53 bits per heavy atom. The van der Waals surface area contributed by atoms with Crippen LogP contribution < -0.4 is 0 Å². The van der Waals surface area contributed by atoms with Crippen molar-refractivity contribution < 1.29 is 19.8 Å². The number of carbonyl (C=O) groups excluding carboxylic acids is 1. The SMILES string of the molecule is CC(=O)SC[C@@H](O)CC1CN(C(=O)O)C1. The van der Waals surface area contributed by atoms with Crippen molar-refractivity contribution in [2.24, 2.45) is 5.92 Å². The highest BCUT2D eigenvalue weighted by Crippen LogP contribution is 2.21. The molecule has 0 aliphatic carbocycles. The summed E-state index contributed by atoms with van der Waals surface area (Å²) < 4.78 is 0. The molecule has 0 saturated carbocycles. The molecule has 5 nitrogen and oxygen atoms in total. The summed E-state index contributed by atoms with van der Waals surface area (Å²) in [6.45, 7) is 2.46. The third kappa shape index (κ3) is 4.09. The van der Waals surface area contributed by atoms with E-state index >= 15 is 0 Å². The van der Waals surface area contributed by atoms with Crippen LogP contribution in [0.1, 0.15) is 13.3 Å². The van der Waals surface area contributed by atoms with Crippen molar-refractivity contribution in [1.29, 1.82) is 0 Å². The number of hydrogen-bond donors (Lipinski definition) is 2. The predicted octanol–water partition coefficient (Wildman–Crippen LogP) is 0.627. The van der Waals surface area contributed by atoms with Crippen molar-refractivity contribution in [2.75, 3.05) is 18.8 Å². The Bertz CT molecular complexity index is 250. The van der Waals surface area contributed by atoms with E-state index in [2.05, 4.69) is 0 Å². The second-order valence-electron chi connectivity index (χ2n) is 3.75. The van der Waals surface area contributed by atoms with Crippen LogP contribution in [-0.2, 0) is 4.79 Å². The monoisotopic (exact) mass is 233 g/mol. The van der Waals surface area contributed by atoms with E-state index in [0.29, 0.717) is 25.3 Å². The smallest absolute Gasteiger partial charge is 0.407 e. The van der Waals surface area contributed by atoms with Gasteiger partial charge in [-0.15, -0.1) is 0 Å². The first-order valence-corrected chi connectivity index (χ1v) is 5.77. The van der Waals surface area contributed by atoms with Gasteiger partial charge in [0.1, 0.15) is 0 Å². The van der Waals surface area contributed by atoms with Crippen molar-refractivity contribution in [3.05, 3.63) is 0 Å². The molecule has 86 valence electrons. The second kappa shape index (κ2) is 5.37. The van der Waals surface area contributed by atoms with E-state index in [1.54, 1.807) is 0 Å². The minimum atomic E-state index is -0.904. The first-order valence-electron chi connectivity index (χ1n) is 4.78. The van der Waals surface area contributed by atoms with Crippen molar-refractivity contribution in [3.8, 4) is 0 Å². The number of hydrogen-bond acceptors (Lipinski definition) is 4. The lowest BCUT2D eigenvalue weighted by Crippen LogP contribution is -2.50. The molecule has 1 saturated heterocycles. The van der Waals surface area contributed by atoms with Crippen molar-refractivity contribution in [1.82, 2.24) is 4.90 Å². The van der Waals surface area contributed by atoms with Crippen molar-refractivity contribution >= 4 is 23.0 Å². The number of likely N-dealkylation sites (tertiary alicyclic amines) is 1. The fourth-order valence-electron chi connectivity index (χ4n) is 1.54. The Labute approximate surface area is 92.4 Å². The molecule has 1 amide bonds. The normalized spacial score (nSPS) is 18.4. The van der Waals surface area contributed by atoms with E-state index in [-0.39, 0.29) is 11.0 Å². The lowest BCUT2D eigenvalue weighted by atomic mass is 9.94. The maximum atomic E-state index is 10.6. The van der Waals surface area contributed by atoms with E-state index in [1.165, 1.54) is 11.8 Å². The van der Waals surface area contributed by atoms with Gasteiger partial charge in [0.05, 0.1) is 6.10 Å². The number of rotatable bonds is 4. The Morgan fingerprint density at radius 2 is 2.13 bits per heavy atom. The van der Waals surface area contributed by atoms with Gasteiger partial charge in [-0.3, -0.25) is 4.79 Å². The fraction of sp³-hybridized carbons (Fsp3) is 0.778. The van der Waals surface area contributed by atoms with E-state index < -0.39 is 12.2 Å². The molecule has 1 fully saturated rings. The highest BCUT2D eigenvalue weighted by atomic mass is 32.2. The van der Waals surface area contributed by atoms with Gasteiger partial charge in [0.2, 0.25) is 0 Å². The largest absolute Gasteiger partial charge is 0.465 e. The molecule has 1 heterocycles. The van der Waals surface area contributed by atoms with Gasteiger partial charge in [-0.05, 0) is 12.3 Å². The van der Waals surface area contributed by atoms with Crippen LogP contribution in [0.2, 0.25) is 0 Å². The summed E-state index contributed by atoms with van der Waals surface area (Å²) in [7, 11) is 0. The molecule has 2 N–H and O–H groups in total. The van der Waals surface area contributed by atoms with Crippen LogP contribution in [0.15, 0.2) is 0 Å². The molecule has 6 heteroatoms. The summed E-state index contributed by atoms with van der Waals surface area (Å²) in [5.41, 5.74) is 0. The molecule has 15 heavy (non-hydrogen) atoms. The molecule has 1 aliphatic rings. The lowest BCUT2D eigenvalue weighted by molar-refractivity contribution is -0.109. The minimum absolute atomic E-state index is 0.00479. The standard InChI is InChI=1S/C9H15NO4S/c1-6(11)15-5-8(12)2-7-3-10(4-7)9(13)14/h7-8,12H,2-5H2,1H3,(H,13,14)/t8-/m0/s1. The van der Waals surface area contributed by atoms with Crippen LogP contribution >= 0.6 is 11.8 Å². The first kappa shape index (κ1) is 12.3. The van der Waals surface area contributed by atoms with E-state index in [1.807, 2.05) is 0 Å². The third-order valence-electron chi connectivity index (χ3n) is 2.31. The van der Waals surface area contributed by atoms with E-state index in [4.69, 9.17) is 5.11 Å². The Hall–Kier alpha value is -0.750. The fourth-order valence-corrected chi connectivity index (χ4v) is 2.10. The maximum absolute atomic E-state index is 10.6. The number of nitrogens with zero attached hydrogens (tertiary/aromatic N) is 1. The molecule has 0 radical (unpaired) electrons. The Kier molecular flexibility index (Phi) is 4.41. The lowest BCUT2D eigenvalue weighted by Gasteiger charge is -2.37.